The van der Waals surface area contributed by atoms with Gasteiger partial charge in [0.1, 0.15) is 18.4 Å². The van der Waals surface area contributed by atoms with E-state index in [1.54, 1.807) is 18.2 Å². The zero-order chi connectivity index (χ0) is 31.7. The number of rotatable bonds is 13. The Balaban J connectivity index is 1.80. The van der Waals surface area contributed by atoms with E-state index in [1.165, 1.54) is 29.2 Å². The van der Waals surface area contributed by atoms with Crippen LogP contribution in [0.25, 0.3) is 0 Å². The number of benzene rings is 4. The van der Waals surface area contributed by atoms with Crippen molar-refractivity contribution in [2.24, 2.45) is 0 Å². The summed E-state index contributed by atoms with van der Waals surface area (Å²) >= 11 is 3.48. The molecule has 4 rings (SSSR count). The van der Waals surface area contributed by atoms with Crippen LogP contribution in [0.3, 0.4) is 0 Å². The first-order valence-electron chi connectivity index (χ1n) is 14.3. The molecule has 0 aromatic heterocycles. The van der Waals surface area contributed by atoms with E-state index in [-0.39, 0.29) is 35.5 Å². The summed E-state index contributed by atoms with van der Waals surface area (Å²) < 4.78 is 43.5. The molecule has 0 saturated carbocycles. The number of nitrogens with zero attached hydrogens (tertiary/aromatic N) is 2. The van der Waals surface area contributed by atoms with Gasteiger partial charge in [-0.15, -0.1) is 0 Å². The fourth-order valence-electron chi connectivity index (χ4n) is 4.68. The maximum atomic E-state index is 14.4. The molecule has 4 aromatic rings. The van der Waals surface area contributed by atoms with Crippen molar-refractivity contribution in [3.8, 4) is 0 Å². The van der Waals surface area contributed by atoms with Crippen LogP contribution in [-0.4, -0.2) is 43.8 Å². The van der Waals surface area contributed by atoms with Gasteiger partial charge < -0.3 is 10.2 Å². The van der Waals surface area contributed by atoms with Gasteiger partial charge in [-0.05, 0) is 73.0 Å². The lowest BCUT2D eigenvalue weighted by Crippen LogP contribution is -2.54. The number of hydrogen-bond donors (Lipinski definition) is 1. The van der Waals surface area contributed by atoms with Gasteiger partial charge >= 0.3 is 0 Å². The Kier molecular flexibility index (Phi) is 11.3. The maximum Gasteiger partial charge on any atom is 0.264 e. The van der Waals surface area contributed by atoms with Gasteiger partial charge in [0, 0.05) is 23.5 Å². The van der Waals surface area contributed by atoms with E-state index < -0.39 is 34.3 Å². The molecule has 0 aliphatic heterocycles. The quantitative estimate of drug-likeness (QED) is 0.179. The molecule has 0 aliphatic rings. The molecular formula is C34H35BrFN3O4S. The Morgan fingerprint density at radius 2 is 1.48 bits per heavy atom. The molecular weight excluding hydrogens is 645 g/mol. The van der Waals surface area contributed by atoms with Gasteiger partial charge in [0.2, 0.25) is 11.8 Å². The highest BCUT2D eigenvalue weighted by Gasteiger charge is 2.35. The molecule has 4 aromatic carbocycles. The summed E-state index contributed by atoms with van der Waals surface area (Å²) in [5, 5.41) is 3.01. The predicted molar refractivity (Wildman–Crippen MR) is 174 cm³/mol. The fourth-order valence-corrected chi connectivity index (χ4v) is 6.56. The number of hydrogen-bond acceptors (Lipinski definition) is 4. The van der Waals surface area contributed by atoms with Crippen molar-refractivity contribution in [3.63, 3.8) is 0 Å². The third kappa shape index (κ3) is 8.54. The fraction of sp³-hybridized carbons (Fsp3) is 0.235. The monoisotopic (exact) mass is 679 g/mol. The van der Waals surface area contributed by atoms with Gasteiger partial charge in [-0.25, -0.2) is 12.8 Å². The van der Waals surface area contributed by atoms with E-state index in [1.807, 2.05) is 68.4 Å². The maximum absolute atomic E-state index is 14.4. The number of carbonyl (C=O) groups is 2. The van der Waals surface area contributed by atoms with Crippen molar-refractivity contribution in [3.05, 3.63) is 131 Å². The molecule has 10 heteroatoms. The number of anilines is 1. The van der Waals surface area contributed by atoms with Crippen molar-refractivity contribution >= 4 is 43.5 Å². The molecule has 44 heavy (non-hydrogen) atoms. The Labute approximate surface area is 266 Å². The van der Waals surface area contributed by atoms with Crippen LogP contribution in [0.15, 0.2) is 119 Å². The second-order valence-corrected chi connectivity index (χ2v) is 13.3. The highest BCUT2D eigenvalue weighted by molar-refractivity contribution is 9.10. The average molecular weight is 681 g/mol. The Hall–Kier alpha value is -4.02. The second-order valence-electron chi connectivity index (χ2n) is 10.5. The lowest BCUT2D eigenvalue weighted by Gasteiger charge is -2.34. The van der Waals surface area contributed by atoms with Gasteiger partial charge in [0.05, 0.1) is 10.6 Å². The summed E-state index contributed by atoms with van der Waals surface area (Å²) in [5.74, 6) is -1.47. The normalized spacial score (nSPS) is 12.6. The van der Waals surface area contributed by atoms with Crippen LogP contribution in [0.5, 0.6) is 0 Å². The lowest BCUT2D eigenvalue weighted by molar-refractivity contribution is -0.140. The van der Waals surface area contributed by atoms with Crippen LogP contribution in [0.1, 0.15) is 31.4 Å². The van der Waals surface area contributed by atoms with Crippen molar-refractivity contribution in [1.82, 2.24) is 10.2 Å². The van der Waals surface area contributed by atoms with Crippen LogP contribution >= 0.6 is 15.9 Å². The zero-order valence-electron chi connectivity index (χ0n) is 24.6. The van der Waals surface area contributed by atoms with Crippen LogP contribution < -0.4 is 9.62 Å². The molecule has 1 N–H and O–H groups in total. The van der Waals surface area contributed by atoms with Crippen LogP contribution in [0.2, 0.25) is 0 Å². The first-order valence-corrected chi connectivity index (χ1v) is 16.5. The third-order valence-electron chi connectivity index (χ3n) is 7.24. The highest BCUT2D eigenvalue weighted by Crippen LogP contribution is 2.25. The largest absolute Gasteiger partial charge is 0.352 e. The summed E-state index contributed by atoms with van der Waals surface area (Å²) in [6, 6.07) is 28.3. The molecule has 7 nitrogen and oxygen atoms in total. The van der Waals surface area contributed by atoms with Crippen LogP contribution in [0.4, 0.5) is 10.1 Å². The molecule has 0 saturated heterocycles. The molecule has 0 aliphatic carbocycles. The van der Waals surface area contributed by atoms with Gasteiger partial charge in [0.25, 0.3) is 10.0 Å². The smallest absolute Gasteiger partial charge is 0.264 e. The number of sulfonamides is 1. The first-order chi connectivity index (χ1) is 21.1. The molecule has 2 atom stereocenters. The summed E-state index contributed by atoms with van der Waals surface area (Å²) in [4.78, 5) is 29.7. The highest BCUT2D eigenvalue weighted by atomic mass is 79.9. The zero-order valence-corrected chi connectivity index (χ0v) is 27.0. The Morgan fingerprint density at radius 1 is 0.864 bits per heavy atom. The van der Waals surface area contributed by atoms with Crippen molar-refractivity contribution < 1.29 is 22.4 Å². The number of amides is 2. The SMILES string of the molecule is CC[C@@H](C)NC(=O)[C@H](Cc1ccccc1)N(Cc1cccc(Br)c1)C(=O)CN(c1ccc(F)cc1)S(=O)(=O)c1ccccc1. The standard InChI is InChI=1S/C34H35BrFN3O4S/c1-3-25(2)37-34(41)32(22-26-11-6-4-7-12-26)38(23-27-13-10-14-28(35)21-27)33(40)24-39(30-19-17-29(36)18-20-30)44(42,43)31-15-8-5-9-16-31/h4-21,25,32H,3,22-24H2,1-2H3,(H,37,41)/t25-,32+/m1/s1. The van der Waals surface area contributed by atoms with E-state index >= 15 is 0 Å². The minimum atomic E-state index is -4.25. The topological polar surface area (TPSA) is 86.8 Å². The van der Waals surface area contributed by atoms with Crippen LogP contribution in [-0.2, 0) is 32.6 Å². The minimum absolute atomic E-state index is 0.0222. The first kappa shape index (κ1) is 32.9. The van der Waals surface area contributed by atoms with E-state index in [2.05, 4.69) is 21.2 Å². The van der Waals surface area contributed by atoms with E-state index in [0.717, 1.165) is 32.0 Å². The molecule has 0 unspecified atom stereocenters. The number of nitrogens with one attached hydrogen (secondary N) is 1. The minimum Gasteiger partial charge on any atom is -0.352 e. The predicted octanol–water partition coefficient (Wildman–Crippen LogP) is 6.34. The van der Waals surface area contributed by atoms with Crippen molar-refractivity contribution in [2.75, 3.05) is 10.8 Å². The average Bonchev–Trinajstić information content (AvgIpc) is 3.02. The van der Waals surface area contributed by atoms with Gasteiger partial charge in [-0.2, -0.15) is 0 Å². The molecule has 0 heterocycles. The molecule has 230 valence electrons. The molecule has 2 amide bonds. The van der Waals surface area contributed by atoms with Gasteiger partial charge in [-0.3, -0.25) is 13.9 Å². The summed E-state index contributed by atoms with van der Waals surface area (Å²) in [6.07, 6.45) is 0.905. The van der Waals surface area contributed by atoms with Gasteiger partial charge in [0.15, 0.2) is 0 Å². The molecule has 0 radical (unpaired) electrons. The van der Waals surface area contributed by atoms with Crippen LogP contribution in [0, 0.1) is 5.82 Å². The second kappa shape index (κ2) is 15.1. The van der Waals surface area contributed by atoms with E-state index in [9.17, 15) is 22.4 Å². The molecule has 0 fully saturated rings. The number of carbonyl (C=O) groups excluding carboxylic acids is 2. The van der Waals surface area contributed by atoms with E-state index in [4.69, 9.17) is 0 Å². The Bertz CT molecular complexity index is 1660. The summed E-state index contributed by atoms with van der Waals surface area (Å²) in [7, 11) is -4.25. The lowest BCUT2D eigenvalue weighted by atomic mass is 10.0. The summed E-state index contributed by atoms with van der Waals surface area (Å²) in [6.45, 7) is 3.28. The summed E-state index contributed by atoms with van der Waals surface area (Å²) in [5.41, 5.74) is 1.71. The van der Waals surface area contributed by atoms with Crippen molar-refractivity contribution in [1.29, 1.82) is 0 Å². The number of halogens is 2. The van der Waals surface area contributed by atoms with Gasteiger partial charge in [-0.1, -0.05) is 83.5 Å². The molecule has 0 spiro atoms. The van der Waals surface area contributed by atoms with E-state index in [0.29, 0.717) is 6.42 Å². The third-order valence-corrected chi connectivity index (χ3v) is 9.52. The van der Waals surface area contributed by atoms with Crippen molar-refractivity contribution in [2.45, 2.75) is 50.2 Å². The Morgan fingerprint density at radius 3 is 2.09 bits per heavy atom. The molecule has 0 bridgehead atoms.